The molecule has 1 aromatic carbocycles. The molecule has 0 N–H and O–H groups in total. The van der Waals surface area contributed by atoms with Crippen LogP contribution in [0.3, 0.4) is 0 Å². The van der Waals surface area contributed by atoms with Crippen LogP contribution in [0.15, 0.2) is 41.3 Å². The van der Waals surface area contributed by atoms with Crippen LogP contribution in [0.1, 0.15) is 6.42 Å². The van der Waals surface area contributed by atoms with Gasteiger partial charge in [0.1, 0.15) is 42.3 Å². The Hall–Kier alpha value is -4.89. The Morgan fingerprint density at radius 1 is 0.689 bits per heavy atom. The van der Waals surface area contributed by atoms with Gasteiger partial charge in [0.05, 0.1) is 11.8 Å². The van der Waals surface area contributed by atoms with Crippen molar-refractivity contribution in [1.29, 1.82) is 0 Å². The molecule has 4 atom stereocenters. The molecule has 2 fully saturated rings. The number of hydrogen-bond donors (Lipinski definition) is 0. The zero-order chi connectivity index (χ0) is 33.6. The number of carbonyl (C=O) groups is 2. The van der Waals surface area contributed by atoms with Crippen molar-refractivity contribution in [3.63, 3.8) is 0 Å². The Morgan fingerprint density at radius 2 is 1.16 bits per heavy atom. The zero-order valence-corrected chi connectivity index (χ0v) is 25.3. The highest BCUT2D eigenvalue weighted by Crippen LogP contribution is 2.52. The predicted octanol–water partition coefficient (Wildman–Crippen LogP) is 1.66. The third-order valence-electron chi connectivity index (χ3n) is 6.50. The van der Waals surface area contributed by atoms with E-state index in [9.17, 15) is 36.3 Å². The lowest BCUT2D eigenvalue weighted by atomic mass is 9.85. The molecule has 4 unspecified atom stereocenters. The van der Waals surface area contributed by atoms with Gasteiger partial charge >= 0.3 is 19.2 Å². The van der Waals surface area contributed by atoms with Crippen LogP contribution in [0.5, 0.6) is 5.75 Å². The van der Waals surface area contributed by atoms with Crippen molar-refractivity contribution < 1.29 is 59.7 Å². The van der Waals surface area contributed by atoms with Crippen molar-refractivity contribution in [2.75, 3.05) is 42.3 Å². The number of rotatable bonds is 6. The van der Waals surface area contributed by atoms with Crippen LogP contribution in [0.25, 0.3) is 0 Å². The summed E-state index contributed by atoms with van der Waals surface area (Å²) in [6.07, 6.45) is 10.2. The quantitative estimate of drug-likeness (QED) is 0.0696. The second kappa shape index (κ2) is 14.7. The van der Waals surface area contributed by atoms with Gasteiger partial charge in [-0.25, -0.2) is 26.9 Å². The van der Waals surface area contributed by atoms with Gasteiger partial charge in [-0.15, -0.1) is 9.79 Å². The van der Waals surface area contributed by atoms with E-state index in [0.717, 1.165) is 22.6 Å². The first-order valence-electron chi connectivity index (χ1n) is 13.4. The number of halogens is 5. The van der Waals surface area contributed by atoms with Crippen molar-refractivity contribution in [1.82, 2.24) is 9.79 Å². The third kappa shape index (κ3) is 7.99. The number of carbonyl (C=O) groups excluding carboxylic acids is 2. The van der Waals surface area contributed by atoms with Crippen LogP contribution in [0, 0.1) is 52.8 Å². The normalized spacial score (nSPS) is 20.3. The molecule has 2 bridgehead atoms. The summed E-state index contributed by atoms with van der Waals surface area (Å²) in [7, 11) is 10.1. The molecule has 242 valence electrons. The summed E-state index contributed by atoms with van der Waals surface area (Å²) in [4.78, 5) is 45.4. The number of amides is 2. The molecular weight excluding hydrogens is 609 g/mol. The Labute approximate surface area is 254 Å². The van der Waals surface area contributed by atoms with Gasteiger partial charge in [0.2, 0.25) is 34.8 Å². The van der Waals surface area contributed by atoms with Crippen LogP contribution in [-0.4, -0.2) is 96.8 Å². The van der Waals surface area contributed by atoms with Gasteiger partial charge in [-0.2, -0.15) is 8.78 Å². The van der Waals surface area contributed by atoms with E-state index < -0.39 is 34.8 Å². The highest BCUT2D eigenvalue weighted by molar-refractivity contribution is 6.05. The monoisotopic (exact) mass is 642 g/mol. The molecule has 3 aliphatic rings. The van der Waals surface area contributed by atoms with Gasteiger partial charge in [-0.1, -0.05) is 18.2 Å². The SMILES string of the molecule is C[N+](C)=CON1C(=O)C2C3C=CC(C3)C2C1=O.C[N+](C)=COc1c(F)c(F)c(F)c(F)c1F.C[N+](C)=COn1ccccc1=O. The van der Waals surface area contributed by atoms with Crippen LogP contribution in [-0.2, 0) is 14.4 Å². The third-order valence-corrected chi connectivity index (χ3v) is 6.50. The van der Waals surface area contributed by atoms with Gasteiger partial charge in [-0.05, 0) is 24.3 Å². The standard InChI is InChI=1S/C12H15N2O3.C9H7F5NO.C8H11N2O2/c1-13(2)6-17-14-11(15)9-7-3-4-8(5-7)10(9)12(14)16;1-15(2)3-16-9-7(13)5(11)4(10)6(12)8(9)14;1-9(2)7-12-10-6-4-3-5-8(10)11/h3-4,6-10H,5H2,1-2H3;3H,1-2H3;3-7H,1-2H3/q3*+1. The summed E-state index contributed by atoms with van der Waals surface area (Å²) in [5.41, 5.74) is -0.185. The van der Waals surface area contributed by atoms with Gasteiger partial charge < -0.3 is 14.4 Å². The molecule has 2 amide bonds. The fourth-order valence-electron chi connectivity index (χ4n) is 4.61. The molecule has 16 heteroatoms. The van der Waals surface area contributed by atoms with E-state index in [2.05, 4.69) is 16.9 Å². The number of allylic oxidation sites excluding steroid dienone is 2. The minimum absolute atomic E-state index is 0.185. The van der Waals surface area contributed by atoms with E-state index in [1.54, 1.807) is 41.6 Å². The van der Waals surface area contributed by atoms with E-state index in [1.807, 2.05) is 14.1 Å². The molecule has 0 radical (unpaired) electrons. The number of hydroxylamine groups is 2. The summed E-state index contributed by atoms with van der Waals surface area (Å²) in [6.45, 7) is 0. The van der Waals surface area contributed by atoms with E-state index in [1.165, 1.54) is 37.5 Å². The van der Waals surface area contributed by atoms with Gasteiger partial charge in [0.25, 0.3) is 17.4 Å². The molecule has 1 saturated carbocycles. The molecule has 2 heterocycles. The molecule has 2 aliphatic carbocycles. The Kier molecular flexibility index (Phi) is 11.3. The number of benzene rings is 1. The highest BCUT2D eigenvalue weighted by Gasteiger charge is 2.60. The second-order valence-electron chi connectivity index (χ2n) is 10.8. The number of aromatic nitrogens is 1. The molecule has 1 aromatic heterocycles. The lowest BCUT2D eigenvalue weighted by Crippen LogP contribution is -2.33. The summed E-state index contributed by atoms with van der Waals surface area (Å²) in [5.74, 6) is -11.9. The summed E-state index contributed by atoms with van der Waals surface area (Å²) < 4.78 is 73.9. The number of ether oxygens (including phenoxy) is 1. The van der Waals surface area contributed by atoms with Crippen molar-refractivity contribution in [3.8, 4) is 5.75 Å². The predicted molar refractivity (Wildman–Crippen MR) is 149 cm³/mol. The van der Waals surface area contributed by atoms with E-state index in [4.69, 9.17) is 9.68 Å². The van der Waals surface area contributed by atoms with E-state index in [-0.39, 0.29) is 41.0 Å². The topological polar surface area (TPSA) is 96.1 Å². The zero-order valence-electron chi connectivity index (χ0n) is 25.3. The number of imide groups is 1. The molecule has 0 spiro atoms. The minimum atomic E-state index is -2.22. The number of hydrogen-bond acceptors (Lipinski definition) is 6. The van der Waals surface area contributed by atoms with Gasteiger partial charge in [0.15, 0.2) is 0 Å². The molecule has 5 rings (SSSR count). The van der Waals surface area contributed by atoms with Crippen molar-refractivity contribution in [2.45, 2.75) is 6.42 Å². The summed E-state index contributed by atoms with van der Waals surface area (Å²) >= 11 is 0. The van der Waals surface area contributed by atoms with Gasteiger partial charge in [-0.3, -0.25) is 14.4 Å². The minimum Gasteiger partial charge on any atom is -0.405 e. The fraction of sp³-hybridized carbons (Fsp3) is 0.379. The average molecular weight is 643 g/mol. The lowest BCUT2D eigenvalue weighted by Gasteiger charge is -2.13. The fourth-order valence-corrected chi connectivity index (χ4v) is 4.61. The Balaban J connectivity index is 0.000000187. The lowest BCUT2D eigenvalue weighted by molar-refractivity contribution is -0.471. The Morgan fingerprint density at radius 3 is 1.62 bits per heavy atom. The first-order chi connectivity index (χ1) is 21.1. The maximum atomic E-state index is 13.0. The molecular formula is C29H33F5N5O6+3. The van der Waals surface area contributed by atoms with Crippen LogP contribution in [0.4, 0.5) is 22.0 Å². The average Bonchev–Trinajstić information content (AvgIpc) is 3.67. The molecule has 11 nitrogen and oxygen atoms in total. The van der Waals surface area contributed by atoms with Crippen LogP contribution >= 0.6 is 0 Å². The summed E-state index contributed by atoms with van der Waals surface area (Å²) in [6, 6.07) is 4.83. The van der Waals surface area contributed by atoms with Crippen molar-refractivity contribution in [2.24, 2.45) is 23.7 Å². The maximum absolute atomic E-state index is 13.0. The Bertz CT molecular complexity index is 1570. The first-order valence-corrected chi connectivity index (χ1v) is 13.4. The number of pyridine rings is 1. The summed E-state index contributed by atoms with van der Waals surface area (Å²) in [5, 5.41) is 0.932. The molecule has 1 aliphatic heterocycles. The molecule has 45 heavy (non-hydrogen) atoms. The van der Waals surface area contributed by atoms with Crippen LogP contribution < -0.4 is 15.1 Å². The van der Waals surface area contributed by atoms with E-state index >= 15 is 0 Å². The highest BCUT2D eigenvalue weighted by atomic mass is 19.2. The number of nitrogens with zero attached hydrogens (tertiary/aromatic N) is 5. The van der Waals surface area contributed by atoms with Crippen molar-refractivity contribution in [3.05, 3.63) is 76.0 Å². The first kappa shape index (κ1) is 34.6. The maximum Gasteiger partial charge on any atom is 0.349 e. The van der Waals surface area contributed by atoms with Gasteiger partial charge in [0, 0.05) is 12.3 Å². The molecule has 1 saturated heterocycles. The largest absolute Gasteiger partial charge is 0.405 e. The number of fused-ring (bicyclic) bond motifs is 5. The molecule has 2 aromatic rings. The van der Waals surface area contributed by atoms with E-state index in [0.29, 0.717) is 0 Å². The van der Waals surface area contributed by atoms with Crippen molar-refractivity contribution >= 4 is 31.0 Å². The smallest absolute Gasteiger partial charge is 0.349 e. The van der Waals surface area contributed by atoms with Crippen LogP contribution in [0.2, 0.25) is 0 Å². The second-order valence-corrected chi connectivity index (χ2v) is 10.8.